The summed E-state index contributed by atoms with van der Waals surface area (Å²) in [4.78, 5) is 17.9. The van der Waals surface area contributed by atoms with E-state index in [1.54, 1.807) is 26.0 Å². The maximum atomic E-state index is 12.1. The van der Waals surface area contributed by atoms with Crippen LogP contribution in [0.2, 0.25) is 0 Å². The van der Waals surface area contributed by atoms with E-state index in [9.17, 15) is 4.79 Å². The molecule has 2 rings (SSSR count). The van der Waals surface area contributed by atoms with Crippen LogP contribution in [0.5, 0.6) is 5.75 Å². The van der Waals surface area contributed by atoms with E-state index in [-0.39, 0.29) is 29.9 Å². The number of ether oxygens (including phenoxy) is 1. The molecule has 164 valence electrons. The summed E-state index contributed by atoms with van der Waals surface area (Å²) in [5, 5.41) is 6.61. The van der Waals surface area contributed by atoms with Gasteiger partial charge in [-0.05, 0) is 49.1 Å². The Balaban J connectivity index is 0.00000450. The van der Waals surface area contributed by atoms with E-state index in [0.29, 0.717) is 12.2 Å². The van der Waals surface area contributed by atoms with Crippen LogP contribution in [0.25, 0.3) is 0 Å². The first-order valence-electron chi connectivity index (χ1n) is 9.95. The standard InChI is InChI=1S/C23H32N4O2.HI/c1-18-9-5-6-12-21(18)29-16-8-14-25-23(24-2)26-15-13-19-10-7-11-20(17-19)22(28)27(3)4;/h5-7,9-12,17H,8,13-16H2,1-4H3,(H2,24,25,26);1H. The fraction of sp³-hybridized carbons (Fsp3) is 0.391. The molecule has 0 saturated carbocycles. The fourth-order valence-corrected chi connectivity index (χ4v) is 2.84. The Morgan fingerprint density at radius 1 is 1.07 bits per heavy atom. The van der Waals surface area contributed by atoms with Gasteiger partial charge in [-0.2, -0.15) is 0 Å². The molecule has 0 aliphatic heterocycles. The molecule has 2 aromatic rings. The second-order valence-corrected chi connectivity index (χ2v) is 7.04. The molecule has 7 heteroatoms. The average molecular weight is 524 g/mol. The third kappa shape index (κ3) is 8.61. The zero-order valence-corrected chi connectivity index (χ0v) is 20.6. The molecule has 0 fully saturated rings. The Morgan fingerprint density at radius 2 is 1.80 bits per heavy atom. The Hall–Kier alpha value is -2.29. The molecular weight excluding hydrogens is 491 g/mol. The Bertz CT molecular complexity index is 824. The second kappa shape index (κ2) is 13.8. The molecule has 0 aromatic heterocycles. The second-order valence-electron chi connectivity index (χ2n) is 7.04. The molecule has 0 aliphatic rings. The third-order valence-corrected chi connectivity index (χ3v) is 4.47. The number of aliphatic imine (C=N–C) groups is 1. The van der Waals surface area contributed by atoms with Gasteiger partial charge in [-0.3, -0.25) is 9.79 Å². The van der Waals surface area contributed by atoms with E-state index < -0.39 is 0 Å². The number of guanidine groups is 1. The van der Waals surface area contributed by atoms with Crippen molar-refractivity contribution < 1.29 is 9.53 Å². The molecule has 0 saturated heterocycles. The van der Waals surface area contributed by atoms with Crippen LogP contribution in [0.1, 0.15) is 27.9 Å². The lowest BCUT2D eigenvalue weighted by Crippen LogP contribution is -2.39. The molecule has 0 spiro atoms. The fourth-order valence-electron chi connectivity index (χ4n) is 2.84. The summed E-state index contributed by atoms with van der Waals surface area (Å²) < 4.78 is 5.81. The van der Waals surface area contributed by atoms with Gasteiger partial charge >= 0.3 is 0 Å². The molecule has 1 amide bonds. The molecule has 2 aromatic carbocycles. The Kier molecular flexibility index (Phi) is 11.9. The number of aryl methyl sites for hydroxylation is 1. The Labute approximate surface area is 197 Å². The molecule has 0 heterocycles. The summed E-state index contributed by atoms with van der Waals surface area (Å²) in [6.45, 7) is 4.21. The number of hydrogen-bond donors (Lipinski definition) is 2. The van der Waals surface area contributed by atoms with Crippen molar-refractivity contribution in [3.05, 3.63) is 65.2 Å². The number of para-hydroxylation sites is 1. The minimum Gasteiger partial charge on any atom is -0.493 e. The van der Waals surface area contributed by atoms with Crippen molar-refractivity contribution in [1.29, 1.82) is 0 Å². The zero-order valence-electron chi connectivity index (χ0n) is 18.3. The van der Waals surface area contributed by atoms with Gasteiger partial charge < -0.3 is 20.3 Å². The van der Waals surface area contributed by atoms with Crippen LogP contribution in [0, 0.1) is 6.92 Å². The summed E-state index contributed by atoms with van der Waals surface area (Å²) in [5.74, 6) is 1.72. The van der Waals surface area contributed by atoms with Crippen LogP contribution >= 0.6 is 24.0 Å². The molecule has 2 N–H and O–H groups in total. The van der Waals surface area contributed by atoms with Gasteiger partial charge in [0.1, 0.15) is 5.75 Å². The van der Waals surface area contributed by atoms with E-state index in [1.165, 1.54) is 0 Å². The first-order valence-corrected chi connectivity index (χ1v) is 9.95. The lowest BCUT2D eigenvalue weighted by Gasteiger charge is -2.13. The average Bonchev–Trinajstić information content (AvgIpc) is 2.73. The van der Waals surface area contributed by atoms with Crippen molar-refractivity contribution in [2.24, 2.45) is 4.99 Å². The van der Waals surface area contributed by atoms with Crippen molar-refractivity contribution in [3.8, 4) is 5.75 Å². The van der Waals surface area contributed by atoms with Gasteiger partial charge in [-0.1, -0.05) is 30.3 Å². The van der Waals surface area contributed by atoms with Crippen molar-refractivity contribution in [1.82, 2.24) is 15.5 Å². The number of carbonyl (C=O) groups is 1. The van der Waals surface area contributed by atoms with Crippen molar-refractivity contribution >= 4 is 35.8 Å². The number of amides is 1. The van der Waals surface area contributed by atoms with Crippen molar-refractivity contribution in [3.63, 3.8) is 0 Å². The topological polar surface area (TPSA) is 66.0 Å². The predicted molar refractivity (Wildman–Crippen MR) is 134 cm³/mol. The summed E-state index contributed by atoms with van der Waals surface area (Å²) in [5.41, 5.74) is 2.98. The van der Waals surface area contributed by atoms with Crippen molar-refractivity contribution in [2.75, 3.05) is 40.8 Å². The van der Waals surface area contributed by atoms with Gasteiger partial charge in [0, 0.05) is 39.8 Å². The number of nitrogens with zero attached hydrogens (tertiary/aromatic N) is 2. The van der Waals surface area contributed by atoms with Gasteiger partial charge in [-0.15, -0.1) is 24.0 Å². The number of halogens is 1. The van der Waals surface area contributed by atoms with E-state index in [0.717, 1.165) is 48.8 Å². The lowest BCUT2D eigenvalue weighted by atomic mass is 10.1. The van der Waals surface area contributed by atoms with Gasteiger partial charge in [-0.25, -0.2) is 0 Å². The van der Waals surface area contributed by atoms with Gasteiger partial charge in [0.05, 0.1) is 6.61 Å². The van der Waals surface area contributed by atoms with Gasteiger partial charge in [0.2, 0.25) is 0 Å². The number of benzene rings is 2. The highest BCUT2D eigenvalue weighted by Crippen LogP contribution is 2.16. The first-order chi connectivity index (χ1) is 14.0. The summed E-state index contributed by atoms with van der Waals surface area (Å²) in [6, 6.07) is 15.8. The van der Waals surface area contributed by atoms with Crippen LogP contribution < -0.4 is 15.4 Å². The van der Waals surface area contributed by atoms with Crippen LogP contribution in [0.15, 0.2) is 53.5 Å². The minimum atomic E-state index is 0. The quantitative estimate of drug-likeness (QED) is 0.228. The smallest absolute Gasteiger partial charge is 0.253 e. The molecule has 0 atom stereocenters. The van der Waals surface area contributed by atoms with E-state index in [1.807, 2.05) is 55.5 Å². The van der Waals surface area contributed by atoms with E-state index in [4.69, 9.17) is 4.74 Å². The predicted octanol–water partition coefficient (Wildman–Crippen LogP) is 3.49. The van der Waals surface area contributed by atoms with Crippen LogP contribution in [-0.2, 0) is 6.42 Å². The minimum absolute atomic E-state index is 0. The Morgan fingerprint density at radius 3 is 2.50 bits per heavy atom. The first kappa shape index (κ1) is 25.7. The van der Waals surface area contributed by atoms with E-state index >= 15 is 0 Å². The summed E-state index contributed by atoms with van der Waals surface area (Å²) in [6.07, 6.45) is 1.69. The molecule has 0 radical (unpaired) electrons. The largest absolute Gasteiger partial charge is 0.493 e. The normalized spacial score (nSPS) is 10.7. The number of carbonyl (C=O) groups excluding carboxylic acids is 1. The number of rotatable bonds is 9. The summed E-state index contributed by atoms with van der Waals surface area (Å²) >= 11 is 0. The maximum absolute atomic E-state index is 12.1. The molecule has 0 aliphatic carbocycles. The van der Waals surface area contributed by atoms with Crippen molar-refractivity contribution in [2.45, 2.75) is 19.8 Å². The highest BCUT2D eigenvalue weighted by atomic mass is 127. The van der Waals surface area contributed by atoms with Crippen LogP contribution in [0.3, 0.4) is 0 Å². The molecule has 6 nitrogen and oxygen atoms in total. The van der Waals surface area contributed by atoms with Gasteiger partial charge in [0.15, 0.2) is 5.96 Å². The van der Waals surface area contributed by atoms with Gasteiger partial charge in [0.25, 0.3) is 5.91 Å². The monoisotopic (exact) mass is 524 g/mol. The van der Waals surface area contributed by atoms with Crippen LogP contribution in [0.4, 0.5) is 0 Å². The zero-order chi connectivity index (χ0) is 21.1. The summed E-state index contributed by atoms with van der Waals surface area (Å²) in [7, 11) is 5.28. The molecule has 0 bridgehead atoms. The third-order valence-electron chi connectivity index (χ3n) is 4.47. The number of nitrogens with one attached hydrogen (secondary N) is 2. The van der Waals surface area contributed by atoms with E-state index in [2.05, 4.69) is 15.6 Å². The number of hydrogen-bond acceptors (Lipinski definition) is 3. The molecular formula is C23H33IN4O2. The van der Waals surface area contributed by atoms with Crippen LogP contribution in [-0.4, -0.2) is 57.6 Å². The molecule has 0 unspecified atom stereocenters. The highest BCUT2D eigenvalue weighted by Gasteiger charge is 2.08. The molecule has 30 heavy (non-hydrogen) atoms. The highest BCUT2D eigenvalue weighted by molar-refractivity contribution is 14.0. The SMILES string of the molecule is CN=C(NCCCOc1ccccc1C)NCCc1cccc(C(=O)N(C)C)c1.I. The lowest BCUT2D eigenvalue weighted by molar-refractivity contribution is 0.0827. The maximum Gasteiger partial charge on any atom is 0.253 e.